The van der Waals surface area contributed by atoms with Gasteiger partial charge in [0, 0.05) is 13.0 Å². The van der Waals surface area contributed by atoms with Gasteiger partial charge in [0.1, 0.15) is 6.04 Å². The minimum atomic E-state index is -0.836. The predicted octanol–water partition coefficient (Wildman–Crippen LogP) is 1.77. The van der Waals surface area contributed by atoms with Gasteiger partial charge in [-0.2, -0.15) is 0 Å². The number of rotatable bonds is 7. The van der Waals surface area contributed by atoms with Crippen LogP contribution in [0.15, 0.2) is 30.3 Å². The summed E-state index contributed by atoms with van der Waals surface area (Å²) in [5.74, 6) is -0.836. The van der Waals surface area contributed by atoms with Crippen LogP contribution in [-0.4, -0.2) is 36.6 Å². The van der Waals surface area contributed by atoms with Gasteiger partial charge in [-0.3, -0.25) is 4.79 Å². The van der Waals surface area contributed by atoms with Gasteiger partial charge in [0.15, 0.2) is 6.29 Å². The zero-order valence-corrected chi connectivity index (χ0v) is 11.5. The second-order valence-corrected chi connectivity index (χ2v) is 4.86. The van der Waals surface area contributed by atoms with Gasteiger partial charge in [-0.05, 0) is 18.4 Å². The molecule has 1 heterocycles. The van der Waals surface area contributed by atoms with Crippen molar-refractivity contribution in [2.24, 2.45) is 0 Å². The molecule has 5 nitrogen and oxygen atoms in total. The molecule has 0 bridgehead atoms. The van der Waals surface area contributed by atoms with Crippen LogP contribution >= 0.6 is 0 Å². The molecule has 1 aliphatic heterocycles. The summed E-state index contributed by atoms with van der Waals surface area (Å²) in [6, 6.07) is 9.19. The zero-order chi connectivity index (χ0) is 14.2. The summed E-state index contributed by atoms with van der Waals surface area (Å²) >= 11 is 0. The Balaban J connectivity index is 1.76. The van der Waals surface area contributed by atoms with E-state index in [4.69, 9.17) is 9.47 Å². The molecule has 1 aliphatic rings. The van der Waals surface area contributed by atoms with Crippen LogP contribution in [-0.2, 0) is 20.8 Å². The van der Waals surface area contributed by atoms with Crippen molar-refractivity contribution in [2.45, 2.75) is 38.1 Å². The molecule has 0 amide bonds. The number of carbonyl (C=O) groups is 1. The Kier molecular flexibility index (Phi) is 5.98. The third kappa shape index (κ3) is 4.92. The third-order valence-corrected chi connectivity index (χ3v) is 3.28. The Morgan fingerprint density at radius 2 is 2.00 bits per heavy atom. The highest BCUT2D eigenvalue weighted by atomic mass is 16.7. The smallest absolute Gasteiger partial charge is 0.320 e. The second kappa shape index (κ2) is 7.99. The second-order valence-electron chi connectivity index (χ2n) is 4.86. The molecule has 2 rings (SSSR count). The number of ether oxygens (including phenoxy) is 2. The van der Waals surface area contributed by atoms with Gasteiger partial charge in [0.25, 0.3) is 0 Å². The van der Waals surface area contributed by atoms with E-state index in [-0.39, 0.29) is 6.29 Å². The summed E-state index contributed by atoms with van der Waals surface area (Å²) in [6.45, 7) is 1.93. The Morgan fingerprint density at radius 3 is 2.65 bits per heavy atom. The summed E-state index contributed by atoms with van der Waals surface area (Å²) in [4.78, 5) is 11.2. The average molecular weight is 279 g/mol. The highest BCUT2D eigenvalue weighted by Gasteiger charge is 2.21. The molecule has 1 unspecified atom stereocenters. The van der Waals surface area contributed by atoms with Crippen molar-refractivity contribution in [3.8, 4) is 0 Å². The number of hydrogen-bond acceptors (Lipinski definition) is 4. The molecule has 1 atom stereocenters. The van der Waals surface area contributed by atoms with E-state index in [0.717, 1.165) is 12.0 Å². The lowest BCUT2D eigenvalue weighted by Crippen LogP contribution is -2.37. The lowest BCUT2D eigenvalue weighted by Gasteiger charge is -2.24. The van der Waals surface area contributed by atoms with Gasteiger partial charge in [0.2, 0.25) is 0 Å². The van der Waals surface area contributed by atoms with Crippen LogP contribution in [0.5, 0.6) is 0 Å². The van der Waals surface area contributed by atoms with Crippen LogP contribution in [0.4, 0.5) is 0 Å². The molecule has 1 aromatic carbocycles. The van der Waals surface area contributed by atoms with E-state index < -0.39 is 12.0 Å². The van der Waals surface area contributed by atoms with Crippen LogP contribution in [0.2, 0.25) is 0 Å². The summed E-state index contributed by atoms with van der Waals surface area (Å²) in [6.07, 6.45) is 1.74. The van der Waals surface area contributed by atoms with Gasteiger partial charge >= 0.3 is 5.97 Å². The lowest BCUT2D eigenvalue weighted by atomic mass is 10.1. The van der Waals surface area contributed by atoms with Gasteiger partial charge in [-0.1, -0.05) is 30.3 Å². The molecule has 110 valence electrons. The summed E-state index contributed by atoms with van der Waals surface area (Å²) in [5, 5.41) is 12.3. The van der Waals surface area contributed by atoms with Crippen LogP contribution in [0.25, 0.3) is 0 Å². The summed E-state index contributed by atoms with van der Waals surface area (Å²) < 4.78 is 10.9. The zero-order valence-electron chi connectivity index (χ0n) is 11.5. The molecule has 0 saturated carbocycles. The minimum absolute atomic E-state index is 0.260. The molecule has 0 spiro atoms. The number of benzene rings is 1. The van der Waals surface area contributed by atoms with Crippen molar-refractivity contribution >= 4 is 5.97 Å². The van der Waals surface area contributed by atoms with Gasteiger partial charge in [-0.15, -0.1) is 0 Å². The van der Waals surface area contributed by atoms with E-state index >= 15 is 0 Å². The molecule has 1 aromatic rings. The Hall–Kier alpha value is -1.43. The van der Waals surface area contributed by atoms with Crippen LogP contribution in [0.1, 0.15) is 24.8 Å². The maximum atomic E-state index is 11.2. The van der Waals surface area contributed by atoms with Crippen LogP contribution in [0.3, 0.4) is 0 Å². The predicted molar refractivity (Wildman–Crippen MR) is 74.2 cm³/mol. The van der Waals surface area contributed by atoms with Crippen molar-refractivity contribution in [3.05, 3.63) is 35.9 Å². The van der Waals surface area contributed by atoms with Gasteiger partial charge in [0.05, 0.1) is 13.2 Å². The molecule has 0 aromatic heterocycles. The van der Waals surface area contributed by atoms with Crippen molar-refractivity contribution in [1.29, 1.82) is 0 Å². The van der Waals surface area contributed by atoms with Gasteiger partial charge < -0.3 is 19.9 Å². The van der Waals surface area contributed by atoms with Crippen molar-refractivity contribution < 1.29 is 19.4 Å². The molecule has 1 fully saturated rings. The average Bonchev–Trinajstić information content (AvgIpc) is 2.49. The van der Waals surface area contributed by atoms with E-state index in [1.807, 2.05) is 30.3 Å². The highest BCUT2D eigenvalue weighted by molar-refractivity contribution is 5.73. The molecule has 20 heavy (non-hydrogen) atoms. The Labute approximate surface area is 118 Å². The summed E-state index contributed by atoms with van der Waals surface area (Å²) in [5.41, 5.74) is 1.07. The maximum absolute atomic E-state index is 11.2. The van der Waals surface area contributed by atoms with E-state index in [1.54, 1.807) is 0 Å². The number of nitrogens with one attached hydrogen (secondary N) is 1. The lowest BCUT2D eigenvalue weighted by molar-refractivity contribution is -0.182. The first-order valence-corrected chi connectivity index (χ1v) is 6.99. The van der Waals surface area contributed by atoms with Crippen molar-refractivity contribution in [3.63, 3.8) is 0 Å². The molecule has 5 heteroatoms. The standard InChI is InChI=1S/C15H21NO4/c17-15(18)13(7-8-14-19-9-4-10-20-14)16-11-12-5-2-1-3-6-12/h1-3,5-6,13-14,16H,4,7-11H2,(H,17,18). The molecule has 0 aliphatic carbocycles. The molecule has 2 N–H and O–H groups in total. The first kappa shape index (κ1) is 15.0. The van der Waals surface area contributed by atoms with E-state index in [0.29, 0.717) is 32.6 Å². The maximum Gasteiger partial charge on any atom is 0.320 e. The highest BCUT2D eigenvalue weighted by Crippen LogP contribution is 2.12. The Morgan fingerprint density at radius 1 is 1.30 bits per heavy atom. The van der Waals surface area contributed by atoms with Crippen LogP contribution < -0.4 is 5.32 Å². The first-order chi connectivity index (χ1) is 9.75. The largest absolute Gasteiger partial charge is 0.480 e. The van der Waals surface area contributed by atoms with Gasteiger partial charge in [-0.25, -0.2) is 0 Å². The molecule has 0 radical (unpaired) electrons. The molecule has 1 saturated heterocycles. The number of carboxylic acids is 1. The van der Waals surface area contributed by atoms with Crippen molar-refractivity contribution in [1.82, 2.24) is 5.32 Å². The van der Waals surface area contributed by atoms with Crippen LogP contribution in [0, 0.1) is 0 Å². The summed E-state index contributed by atoms with van der Waals surface area (Å²) in [7, 11) is 0. The quantitative estimate of drug-likeness (QED) is 0.796. The van der Waals surface area contributed by atoms with E-state index in [1.165, 1.54) is 0 Å². The first-order valence-electron chi connectivity index (χ1n) is 6.99. The number of carboxylic acid groups (broad SMARTS) is 1. The Bertz CT molecular complexity index is 404. The SMILES string of the molecule is O=C(O)C(CCC1OCCCO1)NCc1ccccc1. The fourth-order valence-electron chi connectivity index (χ4n) is 2.16. The van der Waals surface area contributed by atoms with E-state index in [2.05, 4.69) is 5.32 Å². The third-order valence-electron chi connectivity index (χ3n) is 3.28. The minimum Gasteiger partial charge on any atom is -0.480 e. The normalized spacial score (nSPS) is 17.8. The van der Waals surface area contributed by atoms with E-state index in [9.17, 15) is 9.90 Å². The topological polar surface area (TPSA) is 67.8 Å². The fourth-order valence-corrected chi connectivity index (χ4v) is 2.16. The molecular weight excluding hydrogens is 258 g/mol. The molecular formula is C15H21NO4. The van der Waals surface area contributed by atoms with Crippen molar-refractivity contribution in [2.75, 3.05) is 13.2 Å². The number of aliphatic carboxylic acids is 1. The number of hydrogen-bond donors (Lipinski definition) is 2. The monoisotopic (exact) mass is 279 g/mol. The fraction of sp³-hybridized carbons (Fsp3) is 0.533.